The zero-order valence-electron chi connectivity index (χ0n) is 18.9. The lowest BCUT2D eigenvalue weighted by atomic mass is 9.93. The number of hydrogen-bond acceptors (Lipinski definition) is 4. The molecule has 6 nitrogen and oxygen atoms in total. The van der Waals surface area contributed by atoms with Crippen molar-refractivity contribution < 1.29 is 13.5 Å². The zero-order chi connectivity index (χ0) is 24.2. The quantitative estimate of drug-likeness (QED) is 0.206. The van der Waals surface area contributed by atoms with Gasteiger partial charge in [0.2, 0.25) is 0 Å². The molecule has 0 aromatic heterocycles. The summed E-state index contributed by atoms with van der Waals surface area (Å²) in [6.45, 7) is 7.95. The monoisotopic (exact) mass is 527 g/mol. The second-order valence-electron chi connectivity index (χ2n) is 8.19. The average molecular weight is 528 g/mol. The van der Waals surface area contributed by atoms with Gasteiger partial charge in [-0.25, -0.2) is 0 Å². The van der Waals surface area contributed by atoms with E-state index >= 15 is 0 Å². The summed E-state index contributed by atoms with van der Waals surface area (Å²) < 4.78 is 30.6. The predicted molar refractivity (Wildman–Crippen MR) is 135 cm³/mol. The number of aromatic hydroxyl groups is 1. The number of hydrogen-bond donors (Lipinski definition) is 1. The number of sulfonamides is 1. The molecule has 3 aromatic rings. The van der Waals surface area contributed by atoms with Crippen LogP contribution >= 0.6 is 15.9 Å². The third kappa shape index (κ3) is 6.15. The zero-order valence-corrected chi connectivity index (χ0v) is 21.3. The Morgan fingerprint density at radius 1 is 0.879 bits per heavy atom. The molecule has 0 atom stereocenters. The summed E-state index contributed by atoms with van der Waals surface area (Å²) in [6.07, 6.45) is 0. The van der Waals surface area contributed by atoms with Crippen LogP contribution in [0, 0.1) is 0 Å². The Balaban J connectivity index is 2.12. The fourth-order valence-electron chi connectivity index (χ4n) is 3.19. The van der Waals surface area contributed by atoms with Crippen LogP contribution in [0.4, 0.5) is 5.69 Å². The van der Waals surface area contributed by atoms with Crippen LogP contribution in [0.25, 0.3) is 0 Å². The van der Waals surface area contributed by atoms with Gasteiger partial charge in [-0.2, -0.15) is 8.42 Å². The largest absolute Gasteiger partial charge is 0.507 e. The molecule has 3 aromatic carbocycles. The van der Waals surface area contributed by atoms with Crippen molar-refractivity contribution in [1.29, 1.82) is 0 Å². The lowest BCUT2D eigenvalue weighted by molar-refractivity contribution is 0.454. The molecule has 0 radical (unpaired) electrons. The van der Waals surface area contributed by atoms with E-state index < -0.39 is 10.0 Å². The van der Waals surface area contributed by atoms with Crippen LogP contribution in [0.1, 0.15) is 56.2 Å². The summed E-state index contributed by atoms with van der Waals surface area (Å²) >= 11 is 3.38. The number of amidine groups is 1. The van der Waals surface area contributed by atoms with Gasteiger partial charge in [-0.1, -0.05) is 61.8 Å². The third-order valence-electron chi connectivity index (χ3n) is 5.01. The van der Waals surface area contributed by atoms with Crippen LogP contribution in [0.15, 0.2) is 90.7 Å². The van der Waals surface area contributed by atoms with Gasteiger partial charge in [0.15, 0.2) is 5.84 Å². The molecular formula is C25H26BrN3O3S. The van der Waals surface area contributed by atoms with Gasteiger partial charge in [-0.15, -0.1) is 14.6 Å². The Bertz CT molecular complexity index is 1260. The number of phenols is 1. The molecule has 0 unspecified atom stereocenters. The van der Waals surface area contributed by atoms with Crippen LogP contribution in [0.2, 0.25) is 0 Å². The Hall–Kier alpha value is -2.84. The number of benzene rings is 3. The van der Waals surface area contributed by atoms with Gasteiger partial charge in [0, 0.05) is 10.0 Å². The highest BCUT2D eigenvalue weighted by atomic mass is 79.9. The molecule has 1 N–H and O–H groups in total. The fraction of sp³-hybridized carbons (Fsp3) is 0.240. The van der Waals surface area contributed by atoms with Crippen molar-refractivity contribution in [1.82, 2.24) is 0 Å². The Morgan fingerprint density at radius 2 is 1.42 bits per heavy atom. The predicted octanol–water partition coefficient (Wildman–Crippen LogP) is 7.32. The van der Waals surface area contributed by atoms with Crippen molar-refractivity contribution in [2.45, 2.75) is 44.4 Å². The number of azo groups is 1. The lowest BCUT2D eigenvalue weighted by Crippen LogP contribution is -2.04. The smallest absolute Gasteiger partial charge is 0.284 e. The minimum absolute atomic E-state index is 0.0309. The Morgan fingerprint density at radius 3 is 1.94 bits per heavy atom. The van der Waals surface area contributed by atoms with Crippen LogP contribution in [-0.4, -0.2) is 19.4 Å². The minimum Gasteiger partial charge on any atom is -0.507 e. The first-order valence-electron chi connectivity index (χ1n) is 10.5. The molecule has 0 aliphatic rings. The first kappa shape index (κ1) is 24.8. The molecule has 0 saturated carbocycles. The second-order valence-corrected chi connectivity index (χ2v) is 10.7. The Labute approximate surface area is 203 Å². The van der Waals surface area contributed by atoms with E-state index in [1.807, 2.05) is 27.7 Å². The lowest BCUT2D eigenvalue weighted by Gasteiger charge is -2.15. The van der Waals surface area contributed by atoms with Crippen LogP contribution in [-0.2, 0) is 10.0 Å². The Kier molecular flexibility index (Phi) is 7.81. The summed E-state index contributed by atoms with van der Waals surface area (Å²) in [7, 11) is -3.99. The van der Waals surface area contributed by atoms with E-state index in [1.165, 1.54) is 12.1 Å². The van der Waals surface area contributed by atoms with Gasteiger partial charge >= 0.3 is 0 Å². The van der Waals surface area contributed by atoms with E-state index in [9.17, 15) is 13.5 Å². The van der Waals surface area contributed by atoms with E-state index in [4.69, 9.17) is 0 Å². The van der Waals surface area contributed by atoms with E-state index in [2.05, 4.69) is 30.6 Å². The summed E-state index contributed by atoms with van der Waals surface area (Å²) in [5.41, 5.74) is 2.54. The van der Waals surface area contributed by atoms with Crippen molar-refractivity contribution in [2.75, 3.05) is 0 Å². The highest BCUT2D eigenvalue weighted by Gasteiger charge is 2.17. The molecule has 33 heavy (non-hydrogen) atoms. The number of nitrogens with zero attached hydrogens (tertiary/aromatic N) is 3. The maximum atomic E-state index is 12.9. The molecule has 0 fully saturated rings. The minimum atomic E-state index is -3.99. The van der Waals surface area contributed by atoms with Crippen molar-refractivity contribution >= 4 is 37.5 Å². The molecule has 3 rings (SSSR count). The molecule has 0 amide bonds. The van der Waals surface area contributed by atoms with Crippen LogP contribution < -0.4 is 0 Å². The summed E-state index contributed by atoms with van der Waals surface area (Å²) in [6, 6.07) is 18.5. The maximum absolute atomic E-state index is 12.9. The molecule has 0 saturated heterocycles. The standard InChI is InChI=1S/C25H26BrN3O3S/c1-16(2)22-14-20(15-23(17(3)4)24(22)30)27-28-25(18-10-12-19(26)13-11-18)29-33(31,32)21-8-6-5-7-9-21/h5-17,30H,1-4H3. The van der Waals surface area contributed by atoms with Crippen molar-refractivity contribution in [3.63, 3.8) is 0 Å². The van der Waals surface area contributed by atoms with Crippen molar-refractivity contribution in [3.05, 3.63) is 87.9 Å². The maximum Gasteiger partial charge on any atom is 0.284 e. The average Bonchev–Trinajstić information content (AvgIpc) is 2.78. The van der Waals surface area contributed by atoms with Crippen LogP contribution in [0.5, 0.6) is 5.75 Å². The number of rotatable bonds is 6. The summed E-state index contributed by atoms with van der Waals surface area (Å²) in [4.78, 5) is 0.0728. The molecular weight excluding hydrogens is 502 g/mol. The normalized spacial score (nSPS) is 12.8. The molecule has 0 bridgehead atoms. The summed E-state index contributed by atoms with van der Waals surface area (Å²) in [5, 5.41) is 19.2. The van der Waals surface area contributed by atoms with Crippen LogP contribution in [0.3, 0.4) is 0 Å². The number of phenolic OH excluding ortho intramolecular Hbond substituents is 1. The molecule has 172 valence electrons. The SMILES string of the molecule is CC(C)c1cc(N=NC(=NS(=O)(=O)c2ccccc2)c2ccc(Br)cc2)cc(C(C)C)c1O. The fourth-order valence-corrected chi connectivity index (χ4v) is 4.43. The molecule has 0 aliphatic carbocycles. The topological polar surface area (TPSA) is 91.5 Å². The molecule has 0 aliphatic heterocycles. The van der Waals surface area contributed by atoms with E-state index in [-0.39, 0.29) is 28.3 Å². The third-order valence-corrected chi connectivity index (χ3v) is 6.82. The second kappa shape index (κ2) is 10.4. The van der Waals surface area contributed by atoms with Gasteiger partial charge in [0.1, 0.15) is 5.75 Å². The van der Waals surface area contributed by atoms with Gasteiger partial charge in [0.05, 0.1) is 10.6 Å². The molecule has 0 spiro atoms. The number of halogens is 1. The highest BCUT2D eigenvalue weighted by molar-refractivity contribution is 9.10. The van der Waals surface area contributed by atoms with Crippen molar-refractivity contribution in [3.8, 4) is 5.75 Å². The van der Waals surface area contributed by atoms with E-state index in [1.54, 1.807) is 54.6 Å². The first-order valence-corrected chi connectivity index (χ1v) is 12.8. The van der Waals surface area contributed by atoms with Gasteiger partial charge in [-0.05, 0) is 71.5 Å². The van der Waals surface area contributed by atoms with Gasteiger partial charge in [-0.3, -0.25) is 0 Å². The van der Waals surface area contributed by atoms with E-state index in [0.717, 1.165) is 15.6 Å². The molecule has 0 heterocycles. The van der Waals surface area contributed by atoms with Gasteiger partial charge in [0.25, 0.3) is 10.0 Å². The molecule has 8 heteroatoms. The first-order chi connectivity index (χ1) is 15.6. The highest BCUT2D eigenvalue weighted by Crippen LogP contribution is 2.37. The summed E-state index contributed by atoms with van der Waals surface area (Å²) in [5.74, 6) is 0.385. The van der Waals surface area contributed by atoms with E-state index in [0.29, 0.717) is 11.3 Å². The van der Waals surface area contributed by atoms with Crippen molar-refractivity contribution in [2.24, 2.45) is 14.6 Å². The van der Waals surface area contributed by atoms with Gasteiger partial charge < -0.3 is 5.11 Å².